The lowest BCUT2D eigenvalue weighted by Gasteiger charge is -2.31. The largest absolute Gasteiger partial charge is 0.508 e. The highest BCUT2D eigenvalue weighted by molar-refractivity contribution is 5.81. The molecule has 0 aromatic heterocycles. The molecule has 1 unspecified atom stereocenters. The van der Waals surface area contributed by atoms with E-state index in [0.29, 0.717) is 19.3 Å². The number of aryl methyl sites for hydroxylation is 1. The summed E-state index contributed by atoms with van der Waals surface area (Å²) in [6.45, 7) is 0. The summed E-state index contributed by atoms with van der Waals surface area (Å²) >= 11 is 0. The van der Waals surface area contributed by atoms with E-state index in [-0.39, 0.29) is 11.7 Å². The third kappa shape index (κ3) is 1.76. The van der Waals surface area contributed by atoms with Gasteiger partial charge in [-0.05, 0) is 36.1 Å². The Labute approximate surface area is 94.0 Å². The Kier molecular flexibility index (Phi) is 2.59. The van der Waals surface area contributed by atoms with Gasteiger partial charge in [0.1, 0.15) is 11.3 Å². The number of nitrogens with two attached hydrogens (primary N) is 1. The average molecular weight is 221 g/mol. The molecule has 0 saturated carbocycles. The zero-order valence-electron chi connectivity index (χ0n) is 9.19. The van der Waals surface area contributed by atoms with Crippen LogP contribution in [0.4, 0.5) is 0 Å². The molecule has 16 heavy (non-hydrogen) atoms. The van der Waals surface area contributed by atoms with Gasteiger partial charge in [0, 0.05) is 6.42 Å². The number of carbonyl (C=O) groups is 1. The number of fused-ring (bicyclic) bond motifs is 1. The van der Waals surface area contributed by atoms with E-state index in [0.717, 1.165) is 11.1 Å². The first-order chi connectivity index (χ1) is 7.55. The van der Waals surface area contributed by atoms with Crippen molar-refractivity contribution in [3.8, 4) is 5.75 Å². The van der Waals surface area contributed by atoms with Gasteiger partial charge in [-0.15, -0.1) is 0 Å². The third-order valence-corrected chi connectivity index (χ3v) is 3.13. The summed E-state index contributed by atoms with van der Waals surface area (Å²) in [5.74, 6) is -0.118. The minimum absolute atomic E-state index is 0.251. The summed E-state index contributed by atoms with van der Waals surface area (Å²) in [6.07, 6.45) is 1.71. The molecule has 0 amide bonds. The molecule has 3 N–H and O–H groups in total. The van der Waals surface area contributed by atoms with Crippen LogP contribution in [0.2, 0.25) is 0 Å². The van der Waals surface area contributed by atoms with Gasteiger partial charge < -0.3 is 15.6 Å². The fourth-order valence-corrected chi connectivity index (χ4v) is 2.18. The number of phenolic OH excluding ortho intramolecular Hbond substituents is 1. The maximum Gasteiger partial charge on any atom is 0.326 e. The van der Waals surface area contributed by atoms with Crippen LogP contribution in [-0.4, -0.2) is 23.7 Å². The summed E-state index contributed by atoms with van der Waals surface area (Å²) in [4.78, 5) is 11.6. The molecular weight excluding hydrogens is 206 g/mol. The van der Waals surface area contributed by atoms with Crippen molar-refractivity contribution in [2.24, 2.45) is 5.73 Å². The molecule has 86 valence electrons. The molecule has 0 spiro atoms. The molecule has 4 heteroatoms. The van der Waals surface area contributed by atoms with Gasteiger partial charge in [0.15, 0.2) is 0 Å². The van der Waals surface area contributed by atoms with E-state index >= 15 is 0 Å². The van der Waals surface area contributed by atoms with E-state index in [1.807, 2.05) is 6.07 Å². The molecule has 2 rings (SSSR count). The number of benzene rings is 1. The van der Waals surface area contributed by atoms with Crippen molar-refractivity contribution in [3.05, 3.63) is 29.3 Å². The Hall–Kier alpha value is -1.55. The first-order valence-corrected chi connectivity index (χ1v) is 5.23. The molecular formula is C12H15NO3. The Morgan fingerprint density at radius 1 is 1.50 bits per heavy atom. The van der Waals surface area contributed by atoms with E-state index in [1.165, 1.54) is 7.11 Å². The lowest BCUT2D eigenvalue weighted by molar-refractivity contribution is -0.147. The van der Waals surface area contributed by atoms with Gasteiger partial charge in [0.05, 0.1) is 7.11 Å². The smallest absolute Gasteiger partial charge is 0.326 e. The van der Waals surface area contributed by atoms with Gasteiger partial charge in [-0.1, -0.05) is 6.07 Å². The molecule has 0 bridgehead atoms. The molecule has 0 radical (unpaired) electrons. The van der Waals surface area contributed by atoms with Crippen LogP contribution in [0.1, 0.15) is 17.5 Å². The summed E-state index contributed by atoms with van der Waals surface area (Å²) < 4.78 is 4.72. The quantitative estimate of drug-likeness (QED) is 0.686. The number of rotatable bonds is 1. The van der Waals surface area contributed by atoms with E-state index in [4.69, 9.17) is 10.5 Å². The molecule has 0 aliphatic heterocycles. The molecule has 0 fully saturated rings. The highest BCUT2D eigenvalue weighted by Crippen LogP contribution is 2.30. The standard InChI is InChI=1S/C12H15NO3/c1-16-11(15)12(13)5-4-8-6-10(14)3-2-9(8)7-12/h2-3,6,14H,4-5,7,13H2,1H3. The lowest BCUT2D eigenvalue weighted by atomic mass is 9.78. The van der Waals surface area contributed by atoms with Gasteiger partial charge in [-0.3, -0.25) is 4.79 Å². The lowest BCUT2D eigenvalue weighted by Crippen LogP contribution is -2.52. The Bertz CT molecular complexity index is 430. The van der Waals surface area contributed by atoms with Crippen molar-refractivity contribution in [2.45, 2.75) is 24.8 Å². The second-order valence-corrected chi connectivity index (χ2v) is 4.28. The molecule has 0 saturated heterocycles. The van der Waals surface area contributed by atoms with Gasteiger partial charge in [0.2, 0.25) is 0 Å². The van der Waals surface area contributed by atoms with Crippen molar-refractivity contribution < 1.29 is 14.6 Å². The molecule has 1 aliphatic rings. The van der Waals surface area contributed by atoms with Crippen molar-refractivity contribution >= 4 is 5.97 Å². The second-order valence-electron chi connectivity index (χ2n) is 4.28. The SMILES string of the molecule is COC(=O)C1(N)CCc2cc(O)ccc2C1. The van der Waals surface area contributed by atoms with Crippen LogP contribution >= 0.6 is 0 Å². The zero-order chi connectivity index (χ0) is 11.8. The van der Waals surface area contributed by atoms with Crippen LogP contribution in [-0.2, 0) is 22.4 Å². The molecule has 1 aromatic rings. The minimum atomic E-state index is -0.918. The zero-order valence-corrected chi connectivity index (χ0v) is 9.19. The number of carbonyl (C=O) groups excluding carboxylic acids is 1. The number of aromatic hydroxyl groups is 1. The third-order valence-electron chi connectivity index (χ3n) is 3.13. The predicted molar refractivity (Wildman–Crippen MR) is 59.1 cm³/mol. The van der Waals surface area contributed by atoms with Gasteiger partial charge in [-0.2, -0.15) is 0 Å². The number of esters is 1. The Morgan fingerprint density at radius 3 is 2.94 bits per heavy atom. The number of methoxy groups -OCH3 is 1. The summed E-state index contributed by atoms with van der Waals surface area (Å²) in [7, 11) is 1.35. The number of phenols is 1. The highest BCUT2D eigenvalue weighted by atomic mass is 16.5. The van der Waals surface area contributed by atoms with Crippen LogP contribution < -0.4 is 5.73 Å². The molecule has 1 aliphatic carbocycles. The fourth-order valence-electron chi connectivity index (χ4n) is 2.18. The van der Waals surface area contributed by atoms with E-state index < -0.39 is 5.54 Å². The summed E-state index contributed by atoms with van der Waals surface area (Å²) in [6, 6.07) is 5.16. The molecule has 1 aromatic carbocycles. The summed E-state index contributed by atoms with van der Waals surface area (Å²) in [5.41, 5.74) is 7.18. The molecule has 4 nitrogen and oxygen atoms in total. The van der Waals surface area contributed by atoms with Gasteiger partial charge in [0.25, 0.3) is 0 Å². The molecule has 1 atom stereocenters. The maximum absolute atomic E-state index is 11.6. The van der Waals surface area contributed by atoms with Crippen LogP contribution in [0.5, 0.6) is 5.75 Å². The van der Waals surface area contributed by atoms with Crippen LogP contribution in [0.25, 0.3) is 0 Å². The normalized spacial score (nSPS) is 23.6. The van der Waals surface area contributed by atoms with E-state index in [9.17, 15) is 9.90 Å². The first-order valence-electron chi connectivity index (χ1n) is 5.23. The van der Waals surface area contributed by atoms with Crippen molar-refractivity contribution in [1.82, 2.24) is 0 Å². The van der Waals surface area contributed by atoms with Gasteiger partial charge >= 0.3 is 5.97 Å². The van der Waals surface area contributed by atoms with Gasteiger partial charge in [-0.25, -0.2) is 0 Å². The fraction of sp³-hybridized carbons (Fsp3) is 0.417. The maximum atomic E-state index is 11.6. The van der Waals surface area contributed by atoms with Crippen molar-refractivity contribution in [1.29, 1.82) is 0 Å². The van der Waals surface area contributed by atoms with E-state index in [2.05, 4.69) is 0 Å². The highest BCUT2D eigenvalue weighted by Gasteiger charge is 2.38. The Morgan fingerprint density at radius 2 is 2.25 bits per heavy atom. The topological polar surface area (TPSA) is 72.5 Å². The van der Waals surface area contributed by atoms with Crippen LogP contribution in [0, 0.1) is 0 Å². The minimum Gasteiger partial charge on any atom is -0.508 e. The Balaban J connectivity index is 2.30. The first kappa shape index (κ1) is 11.0. The number of hydrogen-bond donors (Lipinski definition) is 2. The average Bonchev–Trinajstić information content (AvgIpc) is 2.28. The number of hydrogen-bond acceptors (Lipinski definition) is 4. The molecule has 0 heterocycles. The summed E-state index contributed by atoms with van der Waals surface area (Å²) in [5, 5.41) is 9.35. The monoisotopic (exact) mass is 221 g/mol. The number of ether oxygens (including phenoxy) is 1. The van der Waals surface area contributed by atoms with Crippen molar-refractivity contribution in [2.75, 3.05) is 7.11 Å². The second kappa shape index (κ2) is 3.79. The van der Waals surface area contributed by atoms with E-state index in [1.54, 1.807) is 12.1 Å². The van der Waals surface area contributed by atoms with Crippen LogP contribution in [0.15, 0.2) is 18.2 Å². The van der Waals surface area contributed by atoms with Crippen molar-refractivity contribution in [3.63, 3.8) is 0 Å². The predicted octanol–water partition coefficient (Wildman–Crippen LogP) is 0.751. The van der Waals surface area contributed by atoms with Crippen LogP contribution in [0.3, 0.4) is 0 Å².